The molecule has 5 nitrogen and oxygen atoms in total. The van der Waals surface area contributed by atoms with E-state index in [-0.39, 0.29) is 0 Å². The van der Waals surface area contributed by atoms with E-state index < -0.39 is 30.7 Å². The van der Waals surface area contributed by atoms with Gasteiger partial charge in [-0.25, -0.2) is 0 Å². The van der Waals surface area contributed by atoms with Crippen LogP contribution in [-0.4, -0.2) is 53.1 Å². The summed E-state index contributed by atoms with van der Waals surface area (Å²) in [4.78, 5) is 0. The van der Waals surface area contributed by atoms with Gasteiger partial charge >= 0.3 is 0 Å². The first-order chi connectivity index (χ1) is 5.57. The van der Waals surface area contributed by atoms with Crippen molar-refractivity contribution in [2.24, 2.45) is 0 Å². The zero-order chi connectivity index (χ0) is 9.30. The van der Waals surface area contributed by atoms with Gasteiger partial charge in [0.1, 0.15) is 18.3 Å². The van der Waals surface area contributed by atoms with Crippen LogP contribution >= 0.6 is 0 Å². The number of methoxy groups -OCH3 is 1. The van der Waals surface area contributed by atoms with E-state index in [2.05, 4.69) is 0 Å². The fourth-order valence-electron chi connectivity index (χ4n) is 1.21. The molecule has 2 unspecified atom stereocenters. The number of aliphatic hydroxyl groups is 3. The van der Waals surface area contributed by atoms with Gasteiger partial charge in [0.05, 0.1) is 6.10 Å². The molecule has 1 heterocycles. The summed E-state index contributed by atoms with van der Waals surface area (Å²) in [6.45, 7) is 1.60. The van der Waals surface area contributed by atoms with Crippen molar-refractivity contribution in [3.05, 3.63) is 0 Å². The van der Waals surface area contributed by atoms with Crippen LogP contribution in [0, 0.1) is 0 Å². The standard InChI is InChI=1S/C7H14O5/c1-3-4(8)5(9)6(10)7(11-2)12-3/h3-10H,1-2H3/t3?,4-,5?,6+,7-/m1/s1. The average Bonchev–Trinajstić information content (AvgIpc) is 2.08. The summed E-state index contributed by atoms with van der Waals surface area (Å²) >= 11 is 0. The normalized spacial score (nSPS) is 49.2. The number of hydrogen-bond acceptors (Lipinski definition) is 5. The van der Waals surface area contributed by atoms with Gasteiger partial charge in [0.15, 0.2) is 6.29 Å². The molecule has 0 aromatic carbocycles. The Morgan fingerprint density at radius 2 is 1.67 bits per heavy atom. The Hall–Kier alpha value is -0.200. The summed E-state index contributed by atoms with van der Waals surface area (Å²) < 4.78 is 9.80. The Morgan fingerprint density at radius 3 is 2.17 bits per heavy atom. The molecule has 0 bridgehead atoms. The molecule has 5 heteroatoms. The molecular formula is C7H14O5. The Balaban J connectivity index is 2.63. The van der Waals surface area contributed by atoms with Crippen molar-refractivity contribution in [3.8, 4) is 0 Å². The Labute approximate surface area is 70.5 Å². The zero-order valence-electron chi connectivity index (χ0n) is 7.04. The predicted octanol–water partition coefficient (Wildman–Crippen LogP) is -1.54. The van der Waals surface area contributed by atoms with Crippen molar-refractivity contribution in [1.29, 1.82) is 0 Å². The zero-order valence-corrected chi connectivity index (χ0v) is 7.04. The van der Waals surface area contributed by atoms with Crippen LogP contribution in [0.3, 0.4) is 0 Å². The fourth-order valence-corrected chi connectivity index (χ4v) is 1.21. The van der Waals surface area contributed by atoms with Gasteiger partial charge < -0.3 is 24.8 Å². The molecule has 12 heavy (non-hydrogen) atoms. The highest BCUT2D eigenvalue weighted by Gasteiger charge is 2.41. The average molecular weight is 178 g/mol. The van der Waals surface area contributed by atoms with Gasteiger partial charge in [-0.1, -0.05) is 0 Å². The van der Waals surface area contributed by atoms with Crippen molar-refractivity contribution in [2.75, 3.05) is 7.11 Å². The van der Waals surface area contributed by atoms with E-state index in [1.165, 1.54) is 7.11 Å². The number of rotatable bonds is 1. The first-order valence-electron chi connectivity index (χ1n) is 3.80. The maximum Gasteiger partial charge on any atom is 0.186 e. The molecule has 0 aromatic rings. The molecule has 5 atom stereocenters. The molecular weight excluding hydrogens is 164 g/mol. The highest BCUT2D eigenvalue weighted by molar-refractivity contribution is 4.86. The molecule has 0 saturated carbocycles. The quantitative estimate of drug-likeness (QED) is 0.453. The topological polar surface area (TPSA) is 79.2 Å². The third-order valence-corrected chi connectivity index (χ3v) is 2.04. The van der Waals surface area contributed by atoms with Crippen LogP contribution in [0.5, 0.6) is 0 Å². The number of aliphatic hydroxyl groups excluding tert-OH is 3. The lowest BCUT2D eigenvalue weighted by Gasteiger charge is -2.38. The minimum Gasteiger partial charge on any atom is -0.388 e. The van der Waals surface area contributed by atoms with Crippen LogP contribution in [-0.2, 0) is 9.47 Å². The van der Waals surface area contributed by atoms with E-state index in [1.54, 1.807) is 6.92 Å². The summed E-state index contributed by atoms with van der Waals surface area (Å²) in [5.74, 6) is 0. The Morgan fingerprint density at radius 1 is 1.08 bits per heavy atom. The monoisotopic (exact) mass is 178 g/mol. The van der Waals surface area contributed by atoms with Gasteiger partial charge in [-0.05, 0) is 6.92 Å². The molecule has 1 fully saturated rings. The highest BCUT2D eigenvalue weighted by atomic mass is 16.7. The van der Waals surface area contributed by atoms with Crippen molar-refractivity contribution in [3.63, 3.8) is 0 Å². The second kappa shape index (κ2) is 3.68. The molecule has 1 aliphatic heterocycles. The Kier molecular flexibility index (Phi) is 3.03. The molecule has 0 aromatic heterocycles. The predicted molar refractivity (Wildman–Crippen MR) is 39.4 cm³/mol. The molecule has 72 valence electrons. The third kappa shape index (κ3) is 1.60. The lowest BCUT2D eigenvalue weighted by atomic mass is 10.0. The van der Waals surface area contributed by atoms with Crippen LogP contribution in [0.2, 0.25) is 0 Å². The molecule has 0 radical (unpaired) electrons. The van der Waals surface area contributed by atoms with Crippen LogP contribution < -0.4 is 0 Å². The van der Waals surface area contributed by atoms with E-state index in [0.717, 1.165) is 0 Å². The summed E-state index contributed by atoms with van der Waals surface area (Å²) in [6, 6.07) is 0. The maximum absolute atomic E-state index is 9.27. The van der Waals surface area contributed by atoms with Crippen LogP contribution in [0.4, 0.5) is 0 Å². The van der Waals surface area contributed by atoms with Gasteiger partial charge in [0, 0.05) is 7.11 Å². The highest BCUT2D eigenvalue weighted by Crippen LogP contribution is 2.20. The lowest BCUT2D eigenvalue weighted by Crippen LogP contribution is -2.57. The van der Waals surface area contributed by atoms with Crippen LogP contribution in [0.25, 0.3) is 0 Å². The van der Waals surface area contributed by atoms with Crippen LogP contribution in [0.1, 0.15) is 6.92 Å². The lowest BCUT2D eigenvalue weighted by molar-refractivity contribution is -0.286. The van der Waals surface area contributed by atoms with Gasteiger partial charge in [-0.3, -0.25) is 0 Å². The first kappa shape index (κ1) is 9.88. The Bertz CT molecular complexity index is 146. The molecule has 0 spiro atoms. The third-order valence-electron chi connectivity index (χ3n) is 2.04. The van der Waals surface area contributed by atoms with Crippen molar-refractivity contribution >= 4 is 0 Å². The molecule has 3 N–H and O–H groups in total. The van der Waals surface area contributed by atoms with Gasteiger partial charge in [-0.2, -0.15) is 0 Å². The van der Waals surface area contributed by atoms with E-state index in [9.17, 15) is 15.3 Å². The largest absolute Gasteiger partial charge is 0.388 e. The van der Waals surface area contributed by atoms with Crippen molar-refractivity contribution in [2.45, 2.75) is 37.6 Å². The van der Waals surface area contributed by atoms with Gasteiger partial charge in [0.2, 0.25) is 0 Å². The van der Waals surface area contributed by atoms with E-state index in [0.29, 0.717) is 0 Å². The number of hydrogen-bond donors (Lipinski definition) is 3. The van der Waals surface area contributed by atoms with E-state index in [4.69, 9.17) is 9.47 Å². The van der Waals surface area contributed by atoms with E-state index >= 15 is 0 Å². The SMILES string of the molecule is CO[C@@H]1OC(C)[C@@H](O)C(O)[C@@H]1O. The van der Waals surface area contributed by atoms with Crippen molar-refractivity contribution in [1.82, 2.24) is 0 Å². The smallest absolute Gasteiger partial charge is 0.186 e. The molecule has 0 aliphatic carbocycles. The summed E-state index contributed by atoms with van der Waals surface area (Å²) in [5, 5.41) is 27.8. The first-order valence-corrected chi connectivity index (χ1v) is 3.80. The second-order valence-electron chi connectivity index (χ2n) is 2.92. The fraction of sp³-hybridized carbons (Fsp3) is 1.00. The molecule has 1 saturated heterocycles. The van der Waals surface area contributed by atoms with Gasteiger partial charge in [-0.15, -0.1) is 0 Å². The van der Waals surface area contributed by atoms with Gasteiger partial charge in [0.25, 0.3) is 0 Å². The maximum atomic E-state index is 9.27. The second-order valence-corrected chi connectivity index (χ2v) is 2.92. The summed E-state index contributed by atoms with van der Waals surface area (Å²) in [7, 11) is 1.37. The van der Waals surface area contributed by atoms with Crippen molar-refractivity contribution < 1.29 is 24.8 Å². The summed E-state index contributed by atoms with van der Waals surface area (Å²) in [5.41, 5.74) is 0. The summed E-state index contributed by atoms with van der Waals surface area (Å²) in [6.07, 6.45) is -4.86. The van der Waals surface area contributed by atoms with Crippen LogP contribution in [0.15, 0.2) is 0 Å². The molecule has 0 amide bonds. The minimum atomic E-state index is -1.21. The molecule has 1 aliphatic rings. The molecule has 1 rings (SSSR count). The minimum absolute atomic E-state index is 0.534. The number of ether oxygens (including phenoxy) is 2. The van der Waals surface area contributed by atoms with E-state index in [1.807, 2.05) is 0 Å².